The zero-order valence-corrected chi connectivity index (χ0v) is 12.3. The van der Waals surface area contributed by atoms with Gasteiger partial charge in [0.15, 0.2) is 0 Å². The molecule has 19 heavy (non-hydrogen) atoms. The van der Waals surface area contributed by atoms with Crippen LogP contribution >= 0.6 is 0 Å². The summed E-state index contributed by atoms with van der Waals surface area (Å²) in [5, 5.41) is 0. The molecule has 0 fully saturated rings. The van der Waals surface area contributed by atoms with Crippen molar-refractivity contribution in [1.29, 1.82) is 0 Å². The van der Waals surface area contributed by atoms with Crippen molar-refractivity contribution in [2.45, 2.75) is 6.92 Å². The number of hydrogen-bond donors (Lipinski definition) is 0. The van der Waals surface area contributed by atoms with Crippen LogP contribution in [0.4, 0.5) is 8.78 Å². The van der Waals surface area contributed by atoms with Gasteiger partial charge in [0.1, 0.15) is 0 Å². The van der Waals surface area contributed by atoms with Gasteiger partial charge in [-0.05, 0) is 0 Å². The van der Waals surface area contributed by atoms with Crippen LogP contribution in [0.5, 0.6) is 0 Å². The third-order valence-electron chi connectivity index (χ3n) is 2.46. The summed E-state index contributed by atoms with van der Waals surface area (Å²) >= 11 is -2.55. The Kier molecular flexibility index (Phi) is 4.32. The summed E-state index contributed by atoms with van der Waals surface area (Å²) in [5.41, 5.74) is 0. The van der Waals surface area contributed by atoms with Crippen LogP contribution in [-0.2, 0) is 8.56 Å². The molecule has 0 unspecified atom stereocenters. The molecule has 0 N–H and O–H groups in total. The van der Waals surface area contributed by atoms with Crippen molar-refractivity contribution in [2.24, 2.45) is 0 Å². The predicted molar refractivity (Wildman–Crippen MR) is 69.6 cm³/mol. The van der Waals surface area contributed by atoms with Gasteiger partial charge >= 0.3 is 114 Å². The molecule has 97 valence electrons. The second-order valence-corrected chi connectivity index (χ2v) is 8.17. The number of halogens is 2. The Hall–Kier alpha value is -1.69. The van der Waals surface area contributed by atoms with Crippen LogP contribution in [0, 0.1) is 11.6 Å². The van der Waals surface area contributed by atoms with Gasteiger partial charge < -0.3 is 0 Å². The predicted octanol–water partition coefficient (Wildman–Crippen LogP) is 1.63. The number of hydrogen-bond acceptors (Lipinski definition) is 2. The fraction of sp³-hybridized carbons (Fsp3) is 0.0714. The first kappa shape index (κ1) is 13.7. The molecule has 0 atom stereocenters. The van der Waals surface area contributed by atoms with Crippen molar-refractivity contribution in [3.8, 4) is 0 Å². The van der Waals surface area contributed by atoms with Crippen LogP contribution in [0.15, 0.2) is 48.5 Å². The van der Waals surface area contributed by atoms with Crippen molar-refractivity contribution in [3.05, 3.63) is 60.2 Å². The third-order valence-corrected chi connectivity index (χ3v) is 7.09. The van der Waals surface area contributed by atoms with Gasteiger partial charge in [0.2, 0.25) is 0 Å². The minimum atomic E-state index is -2.55. The van der Waals surface area contributed by atoms with Crippen LogP contribution in [0.2, 0.25) is 0 Å². The normalized spacial score (nSPS) is 10.5. The summed E-state index contributed by atoms with van der Waals surface area (Å²) in [6.07, 6.45) is 0. The van der Waals surface area contributed by atoms with Gasteiger partial charge in [0, 0.05) is 0 Å². The van der Waals surface area contributed by atoms with E-state index in [1.165, 1.54) is 31.2 Å². The van der Waals surface area contributed by atoms with E-state index in [4.69, 9.17) is 3.76 Å². The number of carbonyl (C=O) groups is 1. The summed E-state index contributed by atoms with van der Waals surface area (Å²) in [6.45, 7) is 1.33. The van der Waals surface area contributed by atoms with Gasteiger partial charge in [-0.3, -0.25) is 0 Å². The minimum absolute atomic E-state index is 0.344. The zero-order chi connectivity index (χ0) is 13.8. The Morgan fingerprint density at radius 3 is 1.58 bits per heavy atom. The van der Waals surface area contributed by atoms with Crippen LogP contribution in [-0.4, -0.2) is 20.7 Å². The Balaban J connectivity index is 2.37. The van der Waals surface area contributed by atoms with E-state index >= 15 is 0 Å². The maximum absolute atomic E-state index is 12.9. The third kappa shape index (κ3) is 3.64. The van der Waals surface area contributed by atoms with Gasteiger partial charge in [-0.2, -0.15) is 0 Å². The SMILES string of the molecule is CC(=O)[O][Ge]([c]1ccc(F)cc1)[c]1ccc(F)cc1. The molecule has 0 amide bonds. The van der Waals surface area contributed by atoms with Gasteiger partial charge in [-0.15, -0.1) is 0 Å². The van der Waals surface area contributed by atoms with E-state index in [0.29, 0.717) is 0 Å². The number of carbonyl (C=O) groups excluding carboxylic acids is 1. The molecular weight excluding hydrogens is 311 g/mol. The van der Waals surface area contributed by atoms with Crippen molar-refractivity contribution in [2.75, 3.05) is 0 Å². The summed E-state index contributed by atoms with van der Waals surface area (Å²) in [5.74, 6) is -1.07. The van der Waals surface area contributed by atoms with E-state index in [9.17, 15) is 13.6 Å². The van der Waals surface area contributed by atoms with Gasteiger partial charge in [0.25, 0.3) is 0 Å². The van der Waals surface area contributed by atoms with E-state index in [-0.39, 0.29) is 17.6 Å². The molecule has 0 saturated carbocycles. The Labute approximate surface area is 114 Å². The molecule has 0 aliphatic heterocycles. The summed E-state index contributed by atoms with van der Waals surface area (Å²) in [4.78, 5) is 11.2. The van der Waals surface area contributed by atoms with Gasteiger partial charge in [-0.25, -0.2) is 0 Å². The maximum atomic E-state index is 12.9. The standard InChI is InChI=1S/C14H11F2GeO2/c1-10(18)19-17(13-6-2-11(15)3-7-13)14-8-4-12(16)5-9-14/h2-9H,1H3. The first-order valence-electron chi connectivity index (χ1n) is 5.63. The van der Waals surface area contributed by atoms with Crippen molar-refractivity contribution in [1.82, 2.24) is 0 Å². The quantitative estimate of drug-likeness (QED) is 0.803. The van der Waals surface area contributed by atoms with E-state index < -0.39 is 14.7 Å². The number of benzene rings is 2. The van der Waals surface area contributed by atoms with Crippen LogP contribution in [0.3, 0.4) is 0 Å². The van der Waals surface area contributed by atoms with E-state index in [2.05, 4.69) is 0 Å². The summed E-state index contributed by atoms with van der Waals surface area (Å²) in [6, 6.07) is 11.7. The van der Waals surface area contributed by atoms with Crippen molar-refractivity contribution < 1.29 is 17.3 Å². The molecule has 2 aromatic carbocycles. The molecular formula is C14H11F2GeO2. The van der Waals surface area contributed by atoms with Crippen molar-refractivity contribution in [3.63, 3.8) is 0 Å². The Morgan fingerprint density at radius 1 is 0.895 bits per heavy atom. The monoisotopic (exact) mass is 323 g/mol. The van der Waals surface area contributed by atoms with Gasteiger partial charge in [-0.1, -0.05) is 0 Å². The van der Waals surface area contributed by atoms with Crippen molar-refractivity contribution >= 4 is 29.4 Å². The molecule has 0 spiro atoms. The average molecular weight is 322 g/mol. The second-order valence-electron chi connectivity index (χ2n) is 3.94. The Morgan fingerprint density at radius 2 is 1.26 bits per heavy atom. The molecule has 0 aliphatic carbocycles. The van der Waals surface area contributed by atoms with Gasteiger partial charge in [0.05, 0.1) is 0 Å². The van der Waals surface area contributed by atoms with E-state index in [0.717, 1.165) is 8.79 Å². The summed E-state index contributed by atoms with van der Waals surface area (Å²) in [7, 11) is 0. The summed E-state index contributed by atoms with van der Waals surface area (Å²) < 4.78 is 32.8. The molecule has 0 saturated heterocycles. The molecule has 2 nitrogen and oxygen atoms in total. The molecule has 1 radical (unpaired) electrons. The first-order chi connectivity index (χ1) is 9.06. The topological polar surface area (TPSA) is 26.3 Å². The number of rotatable bonds is 3. The Bertz CT molecular complexity index is 522. The molecule has 0 aromatic heterocycles. The molecule has 0 bridgehead atoms. The fourth-order valence-electron chi connectivity index (χ4n) is 1.63. The van der Waals surface area contributed by atoms with E-state index in [1.807, 2.05) is 0 Å². The van der Waals surface area contributed by atoms with E-state index in [1.54, 1.807) is 24.3 Å². The van der Waals surface area contributed by atoms with Crippen LogP contribution in [0.25, 0.3) is 0 Å². The molecule has 0 aliphatic rings. The molecule has 2 aromatic rings. The second kappa shape index (κ2) is 5.97. The van der Waals surface area contributed by atoms with Crippen LogP contribution < -0.4 is 8.79 Å². The molecule has 0 heterocycles. The first-order valence-corrected chi connectivity index (χ1v) is 8.59. The molecule has 5 heteroatoms. The zero-order valence-electron chi connectivity index (χ0n) is 10.2. The molecule has 2 rings (SSSR count). The average Bonchev–Trinajstić information content (AvgIpc) is 2.38. The van der Waals surface area contributed by atoms with Crippen LogP contribution in [0.1, 0.15) is 6.92 Å². The fourth-order valence-corrected chi connectivity index (χ4v) is 5.40.